The van der Waals surface area contributed by atoms with Crippen LogP contribution in [0.4, 0.5) is 0 Å². The van der Waals surface area contributed by atoms with Crippen LogP contribution in [0.5, 0.6) is 0 Å². The number of amides is 1. The highest BCUT2D eigenvalue weighted by Gasteiger charge is 2.28. The maximum absolute atomic E-state index is 12.7. The summed E-state index contributed by atoms with van der Waals surface area (Å²) < 4.78 is 0. The minimum atomic E-state index is -0.193. The van der Waals surface area contributed by atoms with Crippen LogP contribution < -0.4 is 0 Å². The lowest BCUT2D eigenvalue weighted by Crippen LogP contribution is -2.36. The first kappa shape index (κ1) is 16.1. The van der Waals surface area contributed by atoms with E-state index < -0.39 is 0 Å². The van der Waals surface area contributed by atoms with Gasteiger partial charge in [-0.15, -0.1) is 5.10 Å². The van der Waals surface area contributed by atoms with E-state index in [9.17, 15) is 4.79 Å². The lowest BCUT2D eigenvalue weighted by Gasteiger charge is -2.23. The number of carbonyl (C=O) groups excluding carboxylic acids is 1. The van der Waals surface area contributed by atoms with Gasteiger partial charge in [-0.3, -0.25) is 9.89 Å². The second-order valence-electron chi connectivity index (χ2n) is 5.88. The molecule has 5 nitrogen and oxygen atoms in total. The Morgan fingerprint density at radius 2 is 2.13 bits per heavy atom. The van der Waals surface area contributed by atoms with Gasteiger partial charge in [0.1, 0.15) is 5.82 Å². The van der Waals surface area contributed by atoms with E-state index in [-0.39, 0.29) is 11.2 Å². The Bertz CT molecular complexity index is 654. The molecule has 1 aliphatic carbocycles. The topological polar surface area (TPSA) is 61.9 Å². The predicted molar refractivity (Wildman–Crippen MR) is 91.2 cm³/mol. The van der Waals surface area contributed by atoms with Crippen molar-refractivity contribution >= 4 is 17.7 Å². The highest BCUT2D eigenvalue weighted by Crippen LogP contribution is 2.38. The van der Waals surface area contributed by atoms with E-state index in [0.717, 1.165) is 11.4 Å². The molecule has 1 aliphatic rings. The molecule has 0 spiro atoms. The van der Waals surface area contributed by atoms with Crippen molar-refractivity contribution in [1.82, 2.24) is 20.1 Å². The number of carbonyl (C=O) groups is 1. The Hall–Kier alpha value is -1.82. The van der Waals surface area contributed by atoms with Crippen molar-refractivity contribution in [2.24, 2.45) is 0 Å². The van der Waals surface area contributed by atoms with Crippen LogP contribution in [0.15, 0.2) is 35.5 Å². The molecule has 0 aliphatic heterocycles. The monoisotopic (exact) mass is 330 g/mol. The van der Waals surface area contributed by atoms with Crippen LogP contribution >= 0.6 is 11.8 Å². The molecule has 0 saturated heterocycles. The summed E-state index contributed by atoms with van der Waals surface area (Å²) in [5, 5.41) is 7.69. The largest absolute Gasteiger partial charge is 0.338 e. The van der Waals surface area contributed by atoms with E-state index >= 15 is 0 Å². The number of hydrogen-bond acceptors (Lipinski definition) is 4. The molecule has 1 fully saturated rings. The summed E-state index contributed by atoms with van der Waals surface area (Å²) in [5.74, 6) is 1.64. The number of H-pyrrole nitrogens is 1. The molecule has 0 radical (unpaired) electrons. The minimum absolute atomic E-state index is 0.124. The van der Waals surface area contributed by atoms with Gasteiger partial charge in [0, 0.05) is 19.0 Å². The smallest absolute Gasteiger partial charge is 0.236 e. The predicted octanol–water partition coefficient (Wildman–Crippen LogP) is 3.21. The van der Waals surface area contributed by atoms with Crippen molar-refractivity contribution in [3.63, 3.8) is 0 Å². The van der Waals surface area contributed by atoms with Crippen LogP contribution in [-0.4, -0.2) is 37.8 Å². The number of nitrogens with one attached hydrogen (secondary N) is 1. The van der Waals surface area contributed by atoms with E-state index in [2.05, 4.69) is 15.2 Å². The Morgan fingerprint density at radius 3 is 2.78 bits per heavy atom. The van der Waals surface area contributed by atoms with Crippen LogP contribution in [0.3, 0.4) is 0 Å². The number of rotatable bonds is 7. The summed E-state index contributed by atoms with van der Waals surface area (Å²) in [6.07, 6.45) is 2.38. The zero-order valence-corrected chi connectivity index (χ0v) is 14.3. The third-order valence-electron chi connectivity index (χ3n) is 3.99. The molecular formula is C17H22N4OS. The molecule has 122 valence electrons. The zero-order valence-electron chi connectivity index (χ0n) is 13.5. The fourth-order valence-corrected chi connectivity index (χ4v) is 3.28. The molecule has 1 N–H and O–H groups in total. The normalized spacial score (nSPS) is 15.4. The van der Waals surface area contributed by atoms with Gasteiger partial charge >= 0.3 is 0 Å². The number of nitrogens with zero attached hydrogens (tertiary/aromatic N) is 3. The van der Waals surface area contributed by atoms with Gasteiger partial charge in [-0.05, 0) is 32.3 Å². The lowest BCUT2D eigenvalue weighted by molar-refractivity contribution is -0.130. The molecule has 1 atom stereocenters. The molecule has 1 aromatic heterocycles. The summed E-state index contributed by atoms with van der Waals surface area (Å²) in [7, 11) is 0. The van der Waals surface area contributed by atoms with Crippen molar-refractivity contribution in [2.45, 2.75) is 49.6 Å². The lowest BCUT2D eigenvalue weighted by atomic mass is 10.2. The molecule has 1 saturated carbocycles. The first-order chi connectivity index (χ1) is 11.2. The maximum atomic E-state index is 12.7. The Morgan fingerprint density at radius 1 is 1.39 bits per heavy atom. The van der Waals surface area contributed by atoms with Gasteiger partial charge in [0.25, 0.3) is 0 Å². The molecule has 6 heteroatoms. The van der Waals surface area contributed by atoms with Crippen molar-refractivity contribution in [3.8, 4) is 0 Å². The molecule has 1 unspecified atom stereocenters. The van der Waals surface area contributed by atoms with E-state index in [1.165, 1.54) is 24.6 Å². The van der Waals surface area contributed by atoms with E-state index in [1.807, 2.05) is 49.1 Å². The van der Waals surface area contributed by atoms with Crippen LogP contribution in [0, 0.1) is 0 Å². The third-order valence-corrected chi connectivity index (χ3v) is 4.93. The standard InChI is InChI=1S/C17H22N4OS/c1-3-21(11-13-7-5-4-6-8-13)16(22)12(2)23-17-18-15(19-20-17)14-9-10-14/h4-8,12,14H,3,9-11H2,1-2H3,(H,18,19,20). The molecule has 23 heavy (non-hydrogen) atoms. The second-order valence-corrected chi connectivity index (χ2v) is 7.18. The van der Waals surface area contributed by atoms with Crippen LogP contribution in [-0.2, 0) is 11.3 Å². The highest BCUT2D eigenvalue weighted by molar-refractivity contribution is 8.00. The molecule has 2 aromatic rings. The Labute approximate surface area is 140 Å². The molecule has 1 amide bonds. The van der Waals surface area contributed by atoms with Crippen LogP contribution in [0.2, 0.25) is 0 Å². The number of thioether (sulfide) groups is 1. The van der Waals surface area contributed by atoms with Crippen molar-refractivity contribution in [1.29, 1.82) is 0 Å². The van der Waals surface area contributed by atoms with Gasteiger partial charge in [0.2, 0.25) is 11.1 Å². The van der Waals surface area contributed by atoms with Gasteiger partial charge in [-0.2, -0.15) is 0 Å². The van der Waals surface area contributed by atoms with Gasteiger partial charge in [0.05, 0.1) is 5.25 Å². The van der Waals surface area contributed by atoms with Crippen molar-refractivity contribution in [3.05, 3.63) is 41.7 Å². The molecule has 1 aromatic carbocycles. The van der Waals surface area contributed by atoms with Crippen molar-refractivity contribution < 1.29 is 4.79 Å². The van der Waals surface area contributed by atoms with Crippen LogP contribution in [0.25, 0.3) is 0 Å². The molecular weight excluding hydrogens is 308 g/mol. The summed E-state index contributed by atoms with van der Waals surface area (Å²) in [4.78, 5) is 19.0. The van der Waals surface area contributed by atoms with E-state index in [1.54, 1.807) is 0 Å². The summed E-state index contributed by atoms with van der Waals surface area (Å²) in [6.45, 7) is 5.27. The first-order valence-corrected chi connectivity index (χ1v) is 8.97. The van der Waals surface area contributed by atoms with Crippen molar-refractivity contribution in [2.75, 3.05) is 6.54 Å². The number of hydrogen-bond donors (Lipinski definition) is 1. The third kappa shape index (κ3) is 4.13. The average Bonchev–Trinajstić information content (AvgIpc) is 3.33. The zero-order chi connectivity index (χ0) is 16.2. The highest BCUT2D eigenvalue weighted by atomic mass is 32.2. The van der Waals surface area contributed by atoms with Gasteiger partial charge in [0.15, 0.2) is 0 Å². The molecule has 3 rings (SSSR count). The van der Waals surface area contributed by atoms with Crippen LogP contribution in [0.1, 0.15) is 44.0 Å². The fourth-order valence-electron chi connectivity index (χ4n) is 2.47. The van der Waals surface area contributed by atoms with E-state index in [0.29, 0.717) is 24.2 Å². The SMILES string of the molecule is CCN(Cc1ccccc1)C(=O)C(C)Sc1n[nH]c(C2CC2)n1. The Kier molecular flexibility index (Phi) is 5.00. The molecule has 0 bridgehead atoms. The maximum Gasteiger partial charge on any atom is 0.236 e. The van der Waals surface area contributed by atoms with Gasteiger partial charge < -0.3 is 4.90 Å². The minimum Gasteiger partial charge on any atom is -0.338 e. The first-order valence-electron chi connectivity index (χ1n) is 8.09. The van der Waals surface area contributed by atoms with E-state index in [4.69, 9.17) is 0 Å². The van der Waals surface area contributed by atoms with Gasteiger partial charge in [-0.25, -0.2) is 4.98 Å². The average molecular weight is 330 g/mol. The number of aromatic amines is 1. The number of aromatic nitrogens is 3. The number of benzene rings is 1. The summed E-state index contributed by atoms with van der Waals surface area (Å²) >= 11 is 1.43. The summed E-state index contributed by atoms with van der Waals surface area (Å²) in [5.41, 5.74) is 1.15. The summed E-state index contributed by atoms with van der Waals surface area (Å²) in [6, 6.07) is 10.1. The molecule has 1 heterocycles. The fraction of sp³-hybridized carbons (Fsp3) is 0.471. The van der Waals surface area contributed by atoms with Gasteiger partial charge in [-0.1, -0.05) is 42.1 Å². The Balaban J connectivity index is 1.59. The second kappa shape index (κ2) is 7.17. The quantitative estimate of drug-likeness (QED) is 0.792.